The van der Waals surface area contributed by atoms with Crippen molar-refractivity contribution in [2.75, 3.05) is 0 Å². The number of ketones is 1. The molecule has 0 saturated heterocycles. The summed E-state index contributed by atoms with van der Waals surface area (Å²) in [6.45, 7) is 15.8. The minimum absolute atomic E-state index is 0.0296. The Morgan fingerprint density at radius 2 is 1.56 bits per heavy atom. The van der Waals surface area contributed by atoms with Crippen molar-refractivity contribution in [3.05, 3.63) is 11.6 Å². The zero-order chi connectivity index (χ0) is 25.1. The second-order valence-electron chi connectivity index (χ2n) is 14.9. The Balaban J connectivity index is 1.62. The molecular formula is C30H46O4. The third kappa shape index (κ3) is 2.81. The van der Waals surface area contributed by atoms with E-state index in [1.54, 1.807) is 0 Å². The van der Waals surface area contributed by atoms with Crippen molar-refractivity contribution >= 4 is 11.8 Å². The van der Waals surface area contributed by atoms with Crippen LogP contribution in [0, 0.1) is 50.2 Å². The highest BCUT2D eigenvalue weighted by Crippen LogP contribution is 2.75. The topological polar surface area (TPSA) is 74.6 Å². The molecule has 4 saturated carbocycles. The molecular weight excluding hydrogens is 424 g/mol. The average Bonchev–Trinajstić information content (AvgIpc) is 2.73. The van der Waals surface area contributed by atoms with Gasteiger partial charge in [-0.05, 0) is 110 Å². The van der Waals surface area contributed by atoms with Crippen molar-refractivity contribution < 1.29 is 19.8 Å². The van der Waals surface area contributed by atoms with E-state index in [9.17, 15) is 19.8 Å². The number of aliphatic hydroxyl groups excluding tert-OH is 1. The quantitative estimate of drug-likeness (QED) is 0.464. The van der Waals surface area contributed by atoms with Crippen molar-refractivity contribution in [1.29, 1.82) is 0 Å². The minimum atomic E-state index is -0.711. The van der Waals surface area contributed by atoms with Crippen LogP contribution < -0.4 is 0 Å². The first-order chi connectivity index (χ1) is 15.6. The van der Waals surface area contributed by atoms with E-state index >= 15 is 0 Å². The molecule has 0 bridgehead atoms. The Bertz CT molecular complexity index is 965. The van der Waals surface area contributed by atoms with Crippen molar-refractivity contribution in [1.82, 2.24) is 0 Å². The maximum absolute atomic E-state index is 14.2. The van der Waals surface area contributed by atoms with Gasteiger partial charge < -0.3 is 10.2 Å². The van der Waals surface area contributed by atoms with Crippen molar-refractivity contribution in [2.45, 2.75) is 112 Å². The molecule has 5 aliphatic rings. The van der Waals surface area contributed by atoms with E-state index in [1.807, 2.05) is 13.0 Å². The SMILES string of the molecule is CC1(C)[C@H]2CC[C@@]3(C)[C@H](C(=O)C=C4[C@H]5C[C@@](C)(C(=O)O)CC[C@]5(C)CC[C@@]43C)[C@]2(C)CC[C@@H]1O. The van der Waals surface area contributed by atoms with Gasteiger partial charge in [0, 0.05) is 5.92 Å². The van der Waals surface area contributed by atoms with E-state index in [0.717, 1.165) is 51.4 Å². The Hall–Kier alpha value is -1.16. The van der Waals surface area contributed by atoms with Gasteiger partial charge in [-0.15, -0.1) is 0 Å². The van der Waals surface area contributed by atoms with Gasteiger partial charge in [0.05, 0.1) is 11.5 Å². The van der Waals surface area contributed by atoms with Crippen LogP contribution in [0.2, 0.25) is 0 Å². The first-order valence-corrected chi connectivity index (χ1v) is 13.7. The lowest BCUT2D eigenvalue weighted by atomic mass is 9.33. The van der Waals surface area contributed by atoms with Crippen LogP contribution in [-0.4, -0.2) is 28.1 Å². The predicted octanol–water partition coefficient (Wildman–Crippen LogP) is 6.41. The van der Waals surface area contributed by atoms with Crippen molar-refractivity contribution in [2.24, 2.45) is 50.2 Å². The highest BCUT2D eigenvalue weighted by atomic mass is 16.4. The number of carbonyl (C=O) groups is 2. The third-order valence-corrected chi connectivity index (χ3v) is 13.1. The summed E-state index contributed by atoms with van der Waals surface area (Å²) in [6.07, 6.45) is 9.95. The van der Waals surface area contributed by atoms with Crippen molar-refractivity contribution in [3.8, 4) is 0 Å². The monoisotopic (exact) mass is 470 g/mol. The molecule has 4 fully saturated rings. The number of hydrogen-bond acceptors (Lipinski definition) is 3. The molecule has 190 valence electrons. The molecule has 0 aliphatic heterocycles. The van der Waals surface area contributed by atoms with Gasteiger partial charge in [0.15, 0.2) is 5.78 Å². The molecule has 4 nitrogen and oxygen atoms in total. The van der Waals surface area contributed by atoms with Crippen LogP contribution in [0.5, 0.6) is 0 Å². The van der Waals surface area contributed by atoms with Crippen LogP contribution >= 0.6 is 0 Å². The highest BCUT2D eigenvalue weighted by molar-refractivity contribution is 5.95. The molecule has 0 spiro atoms. The van der Waals surface area contributed by atoms with Gasteiger partial charge in [-0.1, -0.05) is 47.1 Å². The van der Waals surface area contributed by atoms with E-state index in [1.165, 1.54) is 5.57 Å². The summed E-state index contributed by atoms with van der Waals surface area (Å²) in [5, 5.41) is 20.9. The summed E-state index contributed by atoms with van der Waals surface area (Å²) < 4.78 is 0. The summed E-state index contributed by atoms with van der Waals surface area (Å²) in [5.41, 5.74) is 0.142. The van der Waals surface area contributed by atoms with E-state index < -0.39 is 11.4 Å². The molecule has 0 radical (unpaired) electrons. The van der Waals surface area contributed by atoms with Crippen molar-refractivity contribution in [3.63, 3.8) is 0 Å². The maximum Gasteiger partial charge on any atom is 0.309 e. The predicted molar refractivity (Wildman–Crippen MR) is 133 cm³/mol. The molecule has 0 heterocycles. The summed E-state index contributed by atoms with van der Waals surface area (Å²) in [7, 11) is 0. The van der Waals surface area contributed by atoms with Gasteiger partial charge in [-0.2, -0.15) is 0 Å². The normalized spacial score (nSPS) is 54.1. The molecule has 0 unspecified atom stereocenters. The lowest BCUT2D eigenvalue weighted by Gasteiger charge is -2.70. The molecule has 9 atom stereocenters. The second-order valence-corrected chi connectivity index (χ2v) is 14.9. The lowest BCUT2D eigenvalue weighted by Crippen LogP contribution is -2.66. The van der Waals surface area contributed by atoms with E-state index in [4.69, 9.17) is 0 Å². The largest absolute Gasteiger partial charge is 0.481 e. The van der Waals surface area contributed by atoms with Gasteiger partial charge in [-0.25, -0.2) is 0 Å². The van der Waals surface area contributed by atoms with Crippen LogP contribution in [0.25, 0.3) is 0 Å². The average molecular weight is 471 g/mol. The number of aliphatic hydroxyl groups is 1. The van der Waals surface area contributed by atoms with Gasteiger partial charge in [0.25, 0.3) is 0 Å². The van der Waals surface area contributed by atoms with Gasteiger partial charge in [0.1, 0.15) is 0 Å². The van der Waals surface area contributed by atoms with Crippen LogP contribution in [0.15, 0.2) is 11.6 Å². The summed E-state index contributed by atoms with van der Waals surface area (Å²) in [4.78, 5) is 26.4. The Morgan fingerprint density at radius 1 is 0.912 bits per heavy atom. The fraction of sp³-hybridized carbons (Fsp3) is 0.867. The molecule has 5 aliphatic carbocycles. The highest BCUT2D eigenvalue weighted by Gasteiger charge is 2.70. The van der Waals surface area contributed by atoms with E-state index in [0.29, 0.717) is 12.3 Å². The smallest absolute Gasteiger partial charge is 0.309 e. The minimum Gasteiger partial charge on any atom is -0.481 e. The Kier molecular flexibility index (Phi) is 5.04. The summed E-state index contributed by atoms with van der Waals surface area (Å²) in [5.74, 6) is 0.0603. The van der Waals surface area contributed by atoms with Crippen LogP contribution in [0.3, 0.4) is 0 Å². The Morgan fingerprint density at radius 3 is 2.21 bits per heavy atom. The van der Waals surface area contributed by atoms with Gasteiger partial charge in [0.2, 0.25) is 0 Å². The van der Waals surface area contributed by atoms with Crippen LogP contribution in [-0.2, 0) is 9.59 Å². The summed E-state index contributed by atoms with van der Waals surface area (Å²) >= 11 is 0. The standard InChI is InChI=1S/C30H46O4/c1-25(2)21-8-11-30(7)23(28(21,5)10-9-22(25)32)20(31)16-18-19-17-27(4,24(33)34)13-12-26(19,3)14-15-29(18,30)6/h16,19,21-23,32H,8-15,17H2,1-7H3,(H,33,34)/t19-,21-,22+,23-,26-,27+,28-,29+,30+/m1/s1. The number of carbonyl (C=O) groups excluding carboxylic acids is 1. The third-order valence-electron chi connectivity index (χ3n) is 13.1. The summed E-state index contributed by atoms with van der Waals surface area (Å²) in [6, 6.07) is 0. The number of carboxylic acids is 1. The molecule has 34 heavy (non-hydrogen) atoms. The number of allylic oxidation sites excluding steroid dienone is 2. The second kappa shape index (κ2) is 6.99. The number of carboxylic acid groups (broad SMARTS) is 1. The molecule has 0 aromatic rings. The number of hydrogen-bond donors (Lipinski definition) is 2. The lowest BCUT2D eigenvalue weighted by molar-refractivity contribution is -0.202. The number of fused-ring (bicyclic) bond motifs is 7. The molecule has 0 amide bonds. The van der Waals surface area contributed by atoms with E-state index in [2.05, 4.69) is 41.5 Å². The maximum atomic E-state index is 14.2. The molecule has 0 aromatic heterocycles. The first-order valence-electron chi connectivity index (χ1n) is 13.7. The zero-order valence-electron chi connectivity index (χ0n) is 22.5. The molecule has 5 rings (SSSR count). The number of aliphatic carboxylic acids is 1. The molecule has 2 N–H and O–H groups in total. The fourth-order valence-corrected chi connectivity index (χ4v) is 10.4. The molecule has 0 aromatic carbocycles. The molecule has 4 heteroatoms. The fourth-order valence-electron chi connectivity index (χ4n) is 10.4. The van der Waals surface area contributed by atoms with Crippen LogP contribution in [0.1, 0.15) is 106 Å². The van der Waals surface area contributed by atoms with Gasteiger partial charge in [-0.3, -0.25) is 9.59 Å². The Labute approximate surface area is 206 Å². The van der Waals surface area contributed by atoms with E-state index in [-0.39, 0.29) is 50.8 Å². The number of rotatable bonds is 1. The van der Waals surface area contributed by atoms with Gasteiger partial charge >= 0.3 is 5.97 Å². The zero-order valence-corrected chi connectivity index (χ0v) is 22.5. The van der Waals surface area contributed by atoms with Crippen LogP contribution in [0.4, 0.5) is 0 Å². The first kappa shape index (κ1) is 24.5.